The summed E-state index contributed by atoms with van der Waals surface area (Å²) in [4.78, 5) is 15.2. The molecule has 0 unspecified atom stereocenters. The van der Waals surface area contributed by atoms with E-state index in [2.05, 4.69) is 380 Å². The van der Waals surface area contributed by atoms with E-state index >= 15 is 0 Å². The van der Waals surface area contributed by atoms with Crippen molar-refractivity contribution in [1.29, 1.82) is 0 Å². The summed E-state index contributed by atoms with van der Waals surface area (Å²) in [6.45, 7) is 106. The van der Waals surface area contributed by atoms with Gasteiger partial charge in [0.1, 0.15) is 10.9 Å². The van der Waals surface area contributed by atoms with Gasteiger partial charge in [0.25, 0.3) is 0 Å². The number of hydrogen-bond acceptors (Lipinski definition) is 1. The first-order chi connectivity index (χ1) is 58.6. The van der Waals surface area contributed by atoms with Gasteiger partial charge in [0.05, 0.1) is 21.8 Å². The maximum absolute atomic E-state index is 2.36. The Bertz CT molecular complexity index is 4070. The van der Waals surface area contributed by atoms with Crippen molar-refractivity contribution in [3.8, 4) is 0 Å². The standard InChI is InChI=1S/C36H28S3.C33H45S.C22H30I.12C2H6.I2/c1-5-13-31(14-6-1)38(32-15-7-2-8-16-32)35-25-21-29(22-26-35)37-30-23-27-36(28-24-30)39(33-17-9-3-10-18-33)34-19-11-4-12-20-34;1-16-19(4)25(10)31(26(11)20(16)5)34(32-27(12)21(6)17(2)22(7)28(32)13)33-29(14)23(8)18(3)24(9)30(33)15;1-11-13(3)17(7)21(18(8)14(11)4)23-22-19(9)15(5)12(2)16(6)20(22)10;13*1-2/h1-28H;1-15H3;1-10H3;12*1-2H3;/q+2;2*+1;;;;;;;;;;;;;. The van der Waals surface area contributed by atoms with Gasteiger partial charge in [-0.1, -0.05) is 251 Å². The largest absolute Gasteiger partial charge is 0.359 e. The number of hydrogen-bond donors (Lipinski definition) is 0. The topological polar surface area (TPSA) is 0 Å². The molecule has 0 N–H and O–H groups in total. The van der Waals surface area contributed by atoms with E-state index in [0.717, 1.165) is 0 Å². The van der Waals surface area contributed by atoms with Crippen LogP contribution in [-0.2, 0) is 32.7 Å². The second-order valence-electron chi connectivity index (χ2n) is 26.6. The Morgan fingerprint density at radius 2 is 0.295 bits per heavy atom. The highest BCUT2D eigenvalue weighted by molar-refractivity contribution is 15.0. The SMILES string of the molecule is CC.CC.CC.CC.CC.CC.CC.CC.CC.CC.CC.CC.Cc1c(C)c(C)c([I+]c2c(C)c(C)c(C)c(C)c2C)c(C)c1C.Cc1c(C)c(C)c([S+](c2c(C)c(C)c(C)c(C)c2C)c2c(C)c(C)c(C)c(C)c2C)c(C)c1C.II.c1ccc([S+](c2ccccc2)c2ccc(Sc3ccc([S+](c4ccccc4)c4ccccc4)cc3)cc2)cc1. The zero-order valence-corrected chi connectivity index (χ0v) is 96.7. The first kappa shape index (κ1) is 126. The molecule has 0 aliphatic carbocycles. The number of rotatable bonds is 13. The minimum absolute atomic E-state index is 0.123. The Morgan fingerprint density at radius 1 is 0.164 bits per heavy atom. The van der Waals surface area contributed by atoms with Crippen LogP contribution in [0, 0.1) is 180 Å². The molecule has 0 aliphatic rings. The lowest BCUT2D eigenvalue weighted by Crippen LogP contribution is -3.62. The maximum atomic E-state index is 2.36. The molecule has 0 amide bonds. The van der Waals surface area contributed by atoms with Crippen molar-refractivity contribution in [3.63, 3.8) is 0 Å². The number of halogens is 3. The highest BCUT2D eigenvalue weighted by atomic mass is 128. The van der Waals surface area contributed by atoms with E-state index in [1.807, 2.05) is 178 Å². The van der Waals surface area contributed by atoms with Crippen molar-refractivity contribution in [2.45, 2.75) is 393 Å². The highest BCUT2D eigenvalue weighted by Gasteiger charge is 2.42. The van der Waals surface area contributed by atoms with E-state index in [1.165, 1.54) is 178 Å². The van der Waals surface area contributed by atoms with Gasteiger partial charge in [-0.2, -0.15) is 0 Å². The summed E-state index contributed by atoms with van der Waals surface area (Å²) in [6, 6.07) is 61.5. The van der Waals surface area contributed by atoms with E-state index in [9.17, 15) is 0 Å². The van der Waals surface area contributed by atoms with Gasteiger partial charge in [-0.25, -0.2) is 0 Å². The zero-order valence-electron chi connectivity index (χ0n) is 86.9. The Morgan fingerprint density at radius 3 is 0.451 bits per heavy atom. The third-order valence-corrected chi connectivity index (χ3v) is 34.5. The van der Waals surface area contributed by atoms with E-state index in [1.54, 1.807) is 21.8 Å². The normalized spacial score (nSPS) is 9.56. The molecule has 0 saturated carbocycles. The fourth-order valence-corrected chi connectivity index (χ4v) is 25.5. The van der Waals surface area contributed by atoms with Crippen LogP contribution in [-0.4, -0.2) is 0 Å². The Labute approximate surface area is 803 Å². The highest BCUT2D eigenvalue weighted by Crippen LogP contribution is 2.47. The van der Waals surface area contributed by atoms with Crippen molar-refractivity contribution in [2.75, 3.05) is 0 Å². The molecule has 0 radical (unpaired) electrons. The molecule has 0 nitrogen and oxygen atoms in total. The lowest BCUT2D eigenvalue weighted by atomic mass is 9.94. The van der Waals surface area contributed by atoms with Crippen LogP contribution in [0.2, 0.25) is 0 Å². The van der Waals surface area contributed by atoms with Crippen LogP contribution < -0.4 is 21.2 Å². The molecule has 11 aromatic rings. The predicted molar refractivity (Wildman–Crippen MR) is 582 cm³/mol. The van der Waals surface area contributed by atoms with Gasteiger partial charge in [-0.15, -0.1) is 0 Å². The lowest BCUT2D eigenvalue weighted by Gasteiger charge is -2.25. The van der Waals surface area contributed by atoms with Gasteiger partial charge < -0.3 is 0 Å². The summed E-state index contributed by atoms with van der Waals surface area (Å²) in [5, 5.41) is 0. The molecule has 7 heteroatoms. The molecule has 11 rings (SSSR count). The third-order valence-electron chi connectivity index (χ3n) is 21.7. The van der Waals surface area contributed by atoms with Crippen molar-refractivity contribution < 1.29 is 21.2 Å². The first-order valence-electron chi connectivity index (χ1n) is 46.1. The zero-order chi connectivity index (χ0) is 95.9. The Kier molecular flexibility index (Phi) is 72.1. The molecule has 0 heterocycles. The fourth-order valence-electron chi connectivity index (χ4n) is 13.4. The van der Waals surface area contributed by atoms with E-state index in [-0.39, 0.29) is 53.9 Å². The summed E-state index contributed by atoms with van der Waals surface area (Å²) in [5.41, 5.74) is 36.8. The van der Waals surface area contributed by atoms with Crippen molar-refractivity contribution in [2.24, 2.45) is 0 Å². The molecule has 0 saturated heterocycles. The molecular weight excluding hydrogens is 1890 g/mol. The summed E-state index contributed by atoms with van der Waals surface area (Å²) in [5.74, 6) is 0. The molecule has 0 spiro atoms. The first-order valence-corrected chi connectivity index (χ1v) is 59.0. The molecular formula is C115H175I3S4+4. The van der Waals surface area contributed by atoms with Crippen LogP contribution in [0.1, 0.15) is 305 Å². The van der Waals surface area contributed by atoms with Crippen LogP contribution in [0.4, 0.5) is 0 Å². The number of benzene rings is 11. The fraction of sp³-hybridized carbons (Fsp3) is 0.426. The second kappa shape index (κ2) is 70.0. The van der Waals surface area contributed by atoms with Crippen molar-refractivity contribution >= 4 is 81.7 Å². The van der Waals surface area contributed by atoms with Crippen molar-refractivity contribution in [3.05, 3.63) is 316 Å². The van der Waals surface area contributed by atoms with Crippen LogP contribution in [0.15, 0.2) is 224 Å². The summed E-state index contributed by atoms with van der Waals surface area (Å²) >= 11 is 5.91. The predicted octanol–water partition coefficient (Wildman–Crippen LogP) is 36.4. The molecule has 0 fully saturated rings. The van der Waals surface area contributed by atoms with Crippen LogP contribution in [0.5, 0.6) is 0 Å². The summed E-state index contributed by atoms with van der Waals surface area (Å²) in [6.07, 6.45) is 0. The smallest absolute Gasteiger partial charge is 0.0901 e. The monoisotopic (exact) mass is 2060 g/mol. The van der Waals surface area contributed by atoms with Gasteiger partial charge in [0.15, 0.2) is 44.1 Å². The molecule has 0 aliphatic heterocycles. The van der Waals surface area contributed by atoms with E-state index in [4.69, 9.17) is 0 Å². The molecule has 676 valence electrons. The minimum atomic E-state index is -0.171. The average molecular weight is 2070 g/mol. The Hall–Kier alpha value is -4.99. The Balaban J connectivity index is -0.000000503. The third kappa shape index (κ3) is 33.6. The molecule has 11 aromatic carbocycles. The molecule has 122 heavy (non-hydrogen) atoms. The maximum Gasteiger partial charge on any atom is 0.359 e. The molecule has 0 aromatic heterocycles. The van der Waals surface area contributed by atoms with Crippen LogP contribution >= 0.6 is 49.0 Å². The van der Waals surface area contributed by atoms with Gasteiger partial charge >= 0.3 is 21.2 Å². The summed E-state index contributed by atoms with van der Waals surface area (Å²) < 4.78 is 3.27. The van der Waals surface area contributed by atoms with E-state index < -0.39 is 0 Å². The van der Waals surface area contributed by atoms with Crippen molar-refractivity contribution in [1.82, 2.24) is 0 Å². The quantitative estimate of drug-likeness (QED) is 0.0819. The van der Waals surface area contributed by atoms with Gasteiger partial charge in [0.2, 0.25) is 7.14 Å². The average Bonchev–Trinajstić information content (AvgIpc) is 0.727. The summed E-state index contributed by atoms with van der Waals surface area (Å²) in [7, 11) is -0.416. The van der Waals surface area contributed by atoms with E-state index in [0.29, 0.717) is 0 Å². The van der Waals surface area contributed by atoms with Gasteiger partial charge in [-0.05, 0) is 354 Å². The minimum Gasteiger partial charge on any atom is -0.0901 e. The van der Waals surface area contributed by atoms with Crippen LogP contribution in [0.3, 0.4) is 0 Å². The van der Waals surface area contributed by atoms with Crippen LogP contribution in [0.25, 0.3) is 0 Å². The lowest BCUT2D eigenvalue weighted by molar-refractivity contribution is -0.600. The second-order valence-corrected chi connectivity index (χ2v) is 36.3. The molecule has 0 bridgehead atoms. The molecule has 0 atom stereocenters. The van der Waals surface area contributed by atoms with Gasteiger partial charge in [-0.3, -0.25) is 0 Å². The van der Waals surface area contributed by atoms with Gasteiger partial charge in [0, 0.05) is 103 Å².